The van der Waals surface area contributed by atoms with E-state index in [4.69, 9.17) is 12.2 Å². The minimum Gasteiger partial charge on any atom is -0.493 e. The smallest absolute Gasteiger partial charge is 0.212 e. The van der Waals surface area contributed by atoms with Crippen molar-refractivity contribution in [3.8, 4) is 5.88 Å². The molecule has 0 aliphatic carbocycles. The van der Waals surface area contributed by atoms with Crippen molar-refractivity contribution in [2.45, 2.75) is 65.3 Å². The van der Waals surface area contributed by atoms with E-state index in [1.807, 2.05) is 16.7 Å². The summed E-state index contributed by atoms with van der Waals surface area (Å²) in [4.78, 5) is 5.22. The van der Waals surface area contributed by atoms with Crippen LogP contribution in [0.25, 0.3) is 0 Å². The Morgan fingerprint density at radius 1 is 1.08 bits per heavy atom. The van der Waals surface area contributed by atoms with Crippen LogP contribution in [0.3, 0.4) is 0 Å². The molecule has 0 spiro atoms. The topological polar surface area (TPSA) is 37.5 Å². The van der Waals surface area contributed by atoms with Gasteiger partial charge in [0.2, 0.25) is 5.88 Å². The molecule has 1 aromatic carbocycles. The summed E-state index contributed by atoms with van der Waals surface area (Å²) in [5.74, 6) is 0.245. The third-order valence-corrected chi connectivity index (χ3v) is 5.59. The Bertz CT molecular complexity index is 729. The summed E-state index contributed by atoms with van der Waals surface area (Å²) in [6.45, 7) is 5.18. The zero-order chi connectivity index (χ0) is 18.1. The van der Waals surface area contributed by atoms with Gasteiger partial charge in [-0.25, -0.2) is 0 Å². The highest BCUT2D eigenvalue weighted by Gasteiger charge is 2.09. The summed E-state index contributed by atoms with van der Waals surface area (Å²) >= 11 is 6.80. The van der Waals surface area contributed by atoms with Gasteiger partial charge in [-0.3, -0.25) is 9.56 Å². The second-order valence-electron chi connectivity index (χ2n) is 6.30. The molecular formula is C20H28N2OS2. The molecule has 0 aliphatic heterocycles. The van der Waals surface area contributed by atoms with Gasteiger partial charge in [0.05, 0.1) is 11.9 Å². The van der Waals surface area contributed by atoms with E-state index < -0.39 is 0 Å². The molecule has 0 atom stereocenters. The standard InChI is InChI=1S/C20H28N2OS2/c1-3-5-7-8-14-22-19(23)18(25-20(22)24)15-21-17-12-10-16(11-13-17)9-6-4-2/h10-13,15,23H,3-9,14H2,1-2H3. The maximum absolute atomic E-state index is 10.4. The molecule has 1 aromatic heterocycles. The molecule has 0 saturated heterocycles. The highest BCUT2D eigenvalue weighted by atomic mass is 32.1. The SMILES string of the molecule is CCCCCCn1c(O)c(C=Nc2ccc(CCCC)cc2)sc1=S. The van der Waals surface area contributed by atoms with Gasteiger partial charge in [-0.2, -0.15) is 0 Å². The largest absolute Gasteiger partial charge is 0.493 e. The Kier molecular flexibility index (Phi) is 8.35. The first kappa shape index (κ1) is 19.9. The number of aromatic hydroxyl groups is 1. The number of aryl methyl sites for hydroxylation is 1. The van der Waals surface area contributed by atoms with Crippen LogP contribution in [-0.4, -0.2) is 15.9 Å². The molecule has 136 valence electrons. The molecule has 25 heavy (non-hydrogen) atoms. The lowest BCUT2D eigenvalue weighted by molar-refractivity contribution is 0.408. The van der Waals surface area contributed by atoms with Crippen molar-refractivity contribution in [3.63, 3.8) is 0 Å². The third kappa shape index (κ3) is 6.08. The molecule has 1 heterocycles. The monoisotopic (exact) mass is 376 g/mol. The number of hydrogen-bond acceptors (Lipinski definition) is 4. The van der Waals surface area contributed by atoms with Crippen molar-refractivity contribution in [2.24, 2.45) is 4.99 Å². The van der Waals surface area contributed by atoms with Crippen molar-refractivity contribution >= 4 is 35.5 Å². The molecule has 0 aliphatic rings. The van der Waals surface area contributed by atoms with Gasteiger partial charge < -0.3 is 5.11 Å². The van der Waals surface area contributed by atoms with Crippen LogP contribution in [0.5, 0.6) is 5.88 Å². The fourth-order valence-electron chi connectivity index (χ4n) is 2.66. The summed E-state index contributed by atoms with van der Waals surface area (Å²) in [5.41, 5.74) is 2.24. The van der Waals surface area contributed by atoms with Crippen LogP contribution in [0.4, 0.5) is 5.69 Å². The molecule has 3 nitrogen and oxygen atoms in total. The normalized spacial score (nSPS) is 11.4. The van der Waals surface area contributed by atoms with Gasteiger partial charge in [-0.1, -0.05) is 63.0 Å². The van der Waals surface area contributed by atoms with Gasteiger partial charge in [0.15, 0.2) is 3.95 Å². The number of nitrogens with zero attached hydrogens (tertiary/aromatic N) is 2. The number of aliphatic imine (C=N–C) groups is 1. The van der Waals surface area contributed by atoms with Gasteiger partial charge in [0.25, 0.3) is 0 Å². The molecule has 0 saturated carbocycles. The van der Waals surface area contributed by atoms with Gasteiger partial charge in [-0.05, 0) is 49.2 Å². The molecule has 5 heteroatoms. The van der Waals surface area contributed by atoms with Gasteiger partial charge in [0, 0.05) is 6.54 Å². The molecule has 0 amide bonds. The van der Waals surface area contributed by atoms with E-state index in [0.717, 1.165) is 30.0 Å². The van der Waals surface area contributed by atoms with Crippen molar-refractivity contribution in [1.29, 1.82) is 0 Å². The maximum Gasteiger partial charge on any atom is 0.212 e. The minimum atomic E-state index is 0.245. The first-order valence-corrected chi connectivity index (χ1v) is 10.4. The highest BCUT2D eigenvalue weighted by molar-refractivity contribution is 7.73. The molecule has 2 aromatic rings. The quantitative estimate of drug-likeness (QED) is 0.286. The van der Waals surface area contributed by atoms with Gasteiger partial charge in [0.1, 0.15) is 4.88 Å². The Balaban J connectivity index is 2.02. The maximum atomic E-state index is 10.4. The van der Waals surface area contributed by atoms with Crippen LogP contribution in [0.1, 0.15) is 62.8 Å². The van der Waals surface area contributed by atoms with Crippen LogP contribution in [0, 0.1) is 3.95 Å². The fourth-order valence-corrected chi connectivity index (χ4v) is 3.89. The highest BCUT2D eigenvalue weighted by Crippen LogP contribution is 2.26. The van der Waals surface area contributed by atoms with Crippen LogP contribution in [0.2, 0.25) is 0 Å². The summed E-state index contributed by atoms with van der Waals surface area (Å²) < 4.78 is 2.54. The lowest BCUT2D eigenvalue weighted by Crippen LogP contribution is -1.97. The predicted octanol–water partition coefficient (Wildman–Crippen LogP) is 6.66. The molecule has 0 unspecified atom stereocenters. The average molecular weight is 377 g/mol. The van der Waals surface area contributed by atoms with Crippen molar-refractivity contribution in [2.75, 3.05) is 0 Å². The molecule has 0 radical (unpaired) electrons. The van der Waals surface area contributed by atoms with E-state index >= 15 is 0 Å². The first-order chi connectivity index (χ1) is 12.2. The van der Waals surface area contributed by atoms with Crippen molar-refractivity contribution < 1.29 is 5.11 Å². The first-order valence-electron chi connectivity index (χ1n) is 9.21. The Labute approximate surface area is 160 Å². The second kappa shape index (κ2) is 10.5. The van der Waals surface area contributed by atoms with Crippen molar-refractivity contribution in [1.82, 2.24) is 4.57 Å². The third-order valence-electron chi connectivity index (χ3n) is 4.22. The average Bonchev–Trinajstić information content (AvgIpc) is 2.90. The lowest BCUT2D eigenvalue weighted by atomic mass is 10.1. The molecule has 2 rings (SSSR count). The fraction of sp³-hybridized carbons (Fsp3) is 0.500. The number of unbranched alkanes of at least 4 members (excludes halogenated alkanes) is 4. The number of hydrogen-bond donors (Lipinski definition) is 1. The number of benzene rings is 1. The summed E-state index contributed by atoms with van der Waals surface area (Å²) in [6.07, 6.45) is 9.90. The van der Waals surface area contributed by atoms with Crippen LogP contribution in [0.15, 0.2) is 29.3 Å². The van der Waals surface area contributed by atoms with Gasteiger partial charge >= 0.3 is 0 Å². The van der Waals surface area contributed by atoms with E-state index in [9.17, 15) is 5.11 Å². The van der Waals surface area contributed by atoms with E-state index in [-0.39, 0.29) is 5.88 Å². The number of aromatic nitrogens is 1. The molecule has 0 bridgehead atoms. The minimum absolute atomic E-state index is 0.245. The summed E-state index contributed by atoms with van der Waals surface area (Å²) in [6, 6.07) is 8.31. The Morgan fingerprint density at radius 3 is 2.48 bits per heavy atom. The van der Waals surface area contributed by atoms with E-state index in [0.29, 0.717) is 3.95 Å². The Hall–Kier alpha value is -1.46. The Morgan fingerprint density at radius 2 is 1.80 bits per heavy atom. The number of thiazole rings is 1. The van der Waals surface area contributed by atoms with Crippen LogP contribution < -0.4 is 0 Å². The van der Waals surface area contributed by atoms with Gasteiger partial charge in [-0.15, -0.1) is 0 Å². The summed E-state index contributed by atoms with van der Waals surface area (Å²) in [5, 5.41) is 10.4. The van der Waals surface area contributed by atoms with Crippen LogP contribution in [-0.2, 0) is 13.0 Å². The van der Waals surface area contributed by atoms with Crippen molar-refractivity contribution in [3.05, 3.63) is 38.7 Å². The molecular weight excluding hydrogens is 348 g/mol. The van der Waals surface area contributed by atoms with E-state index in [2.05, 4.69) is 31.0 Å². The molecule has 0 fully saturated rings. The molecule has 1 N–H and O–H groups in total. The lowest BCUT2D eigenvalue weighted by Gasteiger charge is -2.04. The zero-order valence-electron chi connectivity index (χ0n) is 15.2. The van der Waals surface area contributed by atoms with Crippen LogP contribution >= 0.6 is 23.6 Å². The van der Waals surface area contributed by atoms with E-state index in [1.54, 1.807) is 6.21 Å². The predicted molar refractivity (Wildman–Crippen MR) is 111 cm³/mol. The second-order valence-corrected chi connectivity index (χ2v) is 7.97. The number of rotatable bonds is 10. The zero-order valence-corrected chi connectivity index (χ0v) is 16.8. The summed E-state index contributed by atoms with van der Waals surface area (Å²) in [7, 11) is 0. The van der Waals surface area contributed by atoms with E-state index in [1.165, 1.54) is 49.0 Å².